The summed E-state index contributed by atoms with van der Waals surface area (Å²) in [7, 11) is 0. The van der Waals surface area contributed by atoms with Gasteiger partial charge in [0.15, 0.2) is 0 Å². The maximum absolute atomic E-state index is 13.2. The minimum absolute atomic E-state index is 0.0802. The van der Waals surface area contributed by atoms with E-state index in [4.69, 9.17) is 0 Å². The summed E-state index contributed by atoms with van der Waals surface area (Å²) in [5.41, 5.74) is 0.0802. The van der Waals surface area contributed by atoms with Crippen molar-refractivity contribution >= 4 is 5.91 Å². The summed E-state index contributed by atoms with van der Waals surface area (Å²) in [5, 5.41) is 3.39. The first-order chi connectivity index (χ1) is 9.51. The van der Waals surface area contributed by atoms with Gasteiger partial charge in [-0.25, -0.2) is 8.78 Å². The number of carbonyl (C=O) groups is 1. The summed E-state index contributed by atoms with van der Waals surface area (Å²) in [4.78, 5) is 14.0. The molecule has 1 aliphatic heterocycles. The Hall–Kier alpha value is -1.49. The lowest BCUT2D eigenvalue weighted by atomic mass is 9.93. The number of benzene rings is 1. The van der Waals surface area contributed by atoms with E-state index in [-0.39, 0.29) is 11.5 Å². The fourth-order valence-corrected chi connectivity index (χ4v) is 2.76. The molecule has 0 radical (unpaired) electrons. The first-order valence-electron chi connectivity index (χ1n) is 7.00. The quantitative estimate of drug-likeness (QED) is 0.923. The number of likely N-dealkylation sites (tertiary alicyclic amines) is 1. The van der Waals surface area contributed by atoms with Crippen LogP contribution in [0.5, 0.6) is 0 Å². The largest absolute Gasteiger partial charge is 0.338 e. The van der Waals surface area contributed by atoms with Gasteiger partial charge < -0.3 is 10.2 Å². The van der Waals surface area contributed by atoms with E-state index in [1.165, 1.54) is 0 Å². The number of amides is 1. The SMILES string of the molecule is CCNC1CCN(C(=O)c2cc(F)cc(F)c2)CC1C. The van der Waals surface area contributed by atoms with Gasteiger partial charge in [-0.2, -0.15) is 0 Å². The predicted molar refractivity (Wildman–Crippen MR) is 73.5 cm³/mol. The Morgan fingerprint density at radius 2 is 2.00 bits per heavy atom. The number of nitrogens with one attached hydrogen (secondary N) is 1. The normalized spacial score (nSPS) is 22.9. The number of hydrogen-bond acceptors (Lipinski definition) is 2. The molecular formula is C15H20F2N2O. The molecule has 1 aromatic rings. The van der Waals surface area contributed by atoms with Crippen LogP contribution in [0.25, 0.3) is 0 Å². The van der Waals surface area contributed by atoms with Crippen LogP contribution in [0.1, 0.15) is 30.6 Å². The molecule has 1 amide bonds. The van der Waals surface area contributed by atoms with Crippen molar-refractivity contribution in [3.05, 3.63) is 35.4 Å². The van der Waals surface area contributed by atoms with Gasteiger partial charge in [-0.3, -0.25) is 4.79 Å². The summed E-state index contributed by atoms with van der Waals surface area (Å²) >= 11 is 0. The van der Waals surface area contributed by atoms with Gasteiger partial charge in [-0.05, 0) is 31.0 Å². The average Bonchev–Trinajstić information content (AvgIpc) is 2.39. The molecule has 2 atom stereocenters. The average molecular weight is 282 g/mol. The molecule has 110 valence electrons. The zero-order valence-corrected chi connectivity index (χ0v) is 11.8. The van der Waals surface area contributed by atoms with Gasteiger partial charge in [-0.15, -0.1) is 0 Å². The predicted octanol–water partition coefficient (Wildman–Crippen LogP) is 2.42. The maximum Gasteiger partial charge on any atom is 0.254 e. The second-order valence-corrected chi connectivity index (χ2v) is 5.34. The lowest BCUT2D eigenvalue weighted by molar-refractivity contribution is 0.0645. The number of carbonyl (C=O) groups excluding carboxylic acids is 1. The Kier molecular flexibility index (Phi) is 4.70. The van der Waals surface area contributed by atoms with Crippen molar-refractivity contribution in [3.8, 4) is 0 Å². The molecule has 5 heteroatoms. The highest BCUT2D eigenvalue weighted by Gasteiger charge is 2.28. The molecule has 0 saturated carbocycles. The molecule has 1 aliphatic rings. The third-order valence-electron chi connectivity index (χ3n) is 3.77. The van der Waals surface area contributed by atoms with Gasteiger partial charge in [0.25, 0.3) is 5.91 Å². The molecule has 1 heterocycles. The van der Waals surface area contributed by atoms with Crippen LogP contribution in [-0.2, 0) is 0 Å². The summed E-state index contributed by atoms with van der Waals surface area (Å²) < 4.78 is 26.3. The van der Waals surface area contributed by atoms with Crippen molar-refractivity contribution in [3.63, 3.8) is 0 Å². The first kappa shape index (κ1) is 14.9. The smallest absolute Gasteiger partial charge is 0.254 e. The molecule has 1 aromatic carbocycles. The second-order valence-electron chi connectivity index (χ2n) is 5.34. The third kappa shape index (κ3) is 3.33. The van der Waals surface area contributed by atoms with Gasteiger partial charge in [0, 0.05) is 30.8 Å². The van der Waals surface area contributed by atoms with Gasteiger partial charge in [0.1, 0.15) is 11.6 Å². The van der Waals surface area contributed by atoms with Gasteiger partial charge in [0.05, 0.1) is 0 Å². The number of nitrogens with zero attached hydrogens (tertiary/aromatic N) is 1. The van der Waals surface area contributed by atoms with Crippen LogP contribution in [0, 0.1) is 17.6 Å². The fourth-order valence-electron chi connectivity index (χ4n) is 2.76. The second kappa shape index (κ2) is 6.31. The number of rotatable bonds is 3. The lowest BCUT2D eigenvalue weighted by Gasteiger charge is -2.37. The van der Waals surface area contributed by atoms with Crippen LogP contribution in [0.4, 0.5) is 8.78 Å². The molecule has 0 bridgehead atoms. The molecule has 20 heavy (non-hydrogen) atoms. The molecule has 0 spiro atoms. The van der Waals surface area contributed by atoms with E-state index in [0.29, 0.717) is 25.0 Å². The molecule has 1 N–H and O–H groups in total. The highest BCUT2D eigenvalue weighted by Crippen LogP contribution is 2.19. The monoisotopic (exact) mass is 282 g/mol. The molecule has 2 rings (SSSR count). The number of hydrogen-bond donors (Lipinski definition) is 1. The zero-order valence-electron chi connectivity index (χ0n) is 11.8. The highest BCUT2D eigenvalue weighted by atomic mass is 19.1. The van der Waals surface area contributed by atoms with Crippen LogP contribution in [0.15, 0.2) is 18.2 Å². The van der Waals surface area contributed by atoms with Crippen LogP contribution in [0.3, 0.4) is 0 Å². The van der Waals surface area contributed by atoms with Crippen LogP contribution < -0.4 is 5.32 Å². The molecule has 2 unspecified atom stereocenters. The maximum atomic E-state index is 13.2. The summed E-state index contributed by atoms with van der Waals surface area (Å²) in [5.74, 6) is -1.41. The Labute approximate surface area is 118 Å². The van der Waals surface area contributed by atoms with Crippen molar-refractivity contribution < 1.29 is 13.6 Å². The molecule has 1 saturated heterocycles. The van der Waals surface area contributed by atoms with Gasteiger partial charge in [0.2, 0.25) is 0 Å². The van der Waals surface area contributed by atoms with E-state index >= 15 is 0 Å². The molecule has 0 aromatic heterocycles. The van der Waals surface area contributed by atoms with Crippen molar-refractivity contribution in [2.45, 2.75) is 26.3 Å². The van der Waals surface area contributed by atoms with Gasteiger partial charge >= 0.3 is 0 Å². The highest BCUT2D eigenvalue weighted by molar-refractivity contribution is 5.94. The number of piperidine rings is 1. The van der Waals surface area contributed by atoms with E-state index in [9.17, 15) is 13.6 Å². The third-order valence-corrected chi connectivity index (χ3v) is 3.77. The zero-order chi connectivity index (χ0) is 14.7. The lowest BCUT2D eigenvalue weighted by Crippen LogP contribution is -2.50. The van der Waals surface area contributed by atoms with E-state index < -0.39 is 11.6 Å². The van der Waals surface area contributed by atoms with Crippen LogP contribution in [0.2, 0.25) is 0 Å². The minimum Gasteiger partial charge on any atom is -0.338 e. The Morgan fingerprint density at radius 3 is 2.55 bits per heavy atom. The van der Waals surface area contributed by atoms with Crippen molar-refractivity contribution in [2.75, 3.05) is 19.6 Å². The van der Waals surface area contributed by atoms with E-state index in [0.717, 1.165) is 31.2 Å². The molecule has 0 aliphatic carbocycles. The van der Waals surface area contributed by atoms with E-state index in [1.807, 2.05) is 0 Å². The summed E-state index contributed by atoms with van der Waals surface area (Å²) in [6.07, 6.45) is 0.860. The van der Waals surface area contributed by atoms with Crippen LogP contribution >= 0.6 is 0 Å². The molecule has 1 fully saturated rings. The van der Waals surface area contributed by atoms with Gasteiger partial charge in [-0.1, -0.05) is 13.8 Å². The Morgan fingerprint density at radius 1 is 1.35 bits per heavy atom. The fraction of sp³-hybridized carbons (Fsp3) is 0.533. The summed E-state index contributed by atoms with van der Waals surface area (Å²) in [6.45, 7) is 6.25. The Balaban J connectivity index is 2.07. The molecule has 3 nitrogen and oxygen atoms in total. The summed E-state index contributed by atoms with van der Waals surface area (Å²) in [6, 6.07) is 3.35. The molecular weight excluding hydrogens is 262 g/mol. The van der Waals surface area contributed by atoms with E-state index in [2.05, 4.69) is 19.2 Å². The standard InChI is InChI=1S/C15H20F2N2O/c1-3-18-14-4-5-19(9-10(14)2)15(20)11-6-12(16)8-13(17)7-11/h6-8,10,14,18H,3-5,9H2,1-2H3. The first-order valence-corrected chi connectivity index (χ1v) is 7.00. The number of halogens is 2. The van der Waals surface area contributed by atoms with Crippen molar-refractivity contribution in [1.82, 2.24) is 10.2 Å². The van der Waals surface area contributed by atoms with E-state index in [1.54, 1.807) is 4.90 Å². The van der Waals surface area contributed by atoms with Crippen molar-refractivity contribution in [2.24, 2.45) is 5.92 Å². The topological polar surface area (TPSA) is 32.3 Å². The minimum atomic E-state index is -0.719. The Bertz CT molecular complexity index is 473. The van der Waals surface area contributed by atoms with Crippen molar-refractivity contribution in [1.29, 1.82) is 0 Å². The van der Waals surface area contributed by atoms with Crippen LogP contribution in [-0.4, -0.2) is 36.5 Å².